The largest absolute Gasteiger partial charge is 0.396 e. The molecule has 2 fully saturated rings. The molecule has 136 valence electrons. The Morgan fingerprint density at radius 3 is 1.22 bits per heavy atom. The van der Waals surface area contributed by atoms with Crippen molar-refractivity contribution in [3.05, 3.63) is 0 Å². The highest BCUT2D eigenvalue weighted by atomic mass is 16.5. The van der Waals surface area contributed by atoms with Crippen LogP contribution in [0.5, 0.6) is 0 Å². The molecule has 4 unspecified atom stereocenters. The molecule has 0 aromatic rings. The van der Waals surface area contributed by atoms with E-state index in [2.05, 4.69) is 0 Å². The van der Waals surface area contributed by atoms with Crippen LogP contribution in [0.25, 0.3) is 0 Å². The lowest BCUT2D eigenvalue weighted by molar-refractivity contribution is -0.231. The van der Waals surface area contributed by atoms with E-state index >= 15 is 0 Å². The van der Waals surface area contributed by atoms with Crippen molar-refractivity contribution < 1.29 is 45.6 Å². The van der Waals surface area contributed by atoms with Gasteiger partial charge in [0.1, 0.15) is 24.4 Å². The first kappa shape index (κ1) is 19.0. The molecule has 2 saturated carbocycles. The van der Waals surface area contributed by atoms with Crippen LogP contribution >= 0.6 is 0 Å². The van der Waals surface area contributed by atoms with Gasteiger partial charge in [0.15, 0.2) is 0 Å². The Balaban J connectivity index is 2.07. The van der Waals surface area contributed by atoms with E-state index in [-0.39, 0.29) is 12.8 Å². The molecule has 2 aliphatic rings. The van der Waals surface area contributed by atoms with E-state index < -0.39 is 73.9 Å². The number of hydrogen-bond acceptors (Lipinski definition) is 9. The van der Waals surface area contributed by atoms with Gasteiger partial charge in [0.05, 0.1) is 24.4 Å². The molecule has 9 heteroatoms. The van der Waals surface area contributed by atoms with Crippen molar-refractivity contribution in [2.75, 3.05) is 13.2 Å². The van der Waals surface area contributed by atoms with E-state index in [0.717, 1.165) is 0 Å². The number of rotatable bonds is 4. The molecule has 9 nitrogen and oxygen atoms in total. The van der Waals surface area contributed by atoms with Crippen molar-refractivity contribution in [2.24, 2.45) is 11.8 Å². The second-order valence-electron chi connectivity index (χ2n) is 6.51. The van der Waals surface area contributed by atoms with Gasteiger partial charge >= 0.3 is 0 Å². The van der Waals surface area contributed by atoms with Crippen LogP contribution in [0.3, 0.4) is 0 Å². The Morgan fingerprint density at radius 2 is 0.913 bits per heavy atom. The summed E-state index contributed by atoms with van der Waals surface area (Å²) in [5.74, 6) is -1.38. The molecule has 10 atom stereocenters. The number of hydrogen-bond donors (Lipinski definition) is 8. The lowest BCUT2D eigenvalue weighted by Crippen LogP contribution is -2.59. The summed E-state index contributed by atoms with van der Waals surface area (Å²) in [6, 6.07) is 0. The van der Waals surface area contributed by atoms with Crippen LogP contribution in [0.1, 0.15) is 12.8 Å². The van der Waals surface area contributed by atoms with E-state index in [9.17, 15) is 40.9 Å². The van der Waals surface area contributed by atoms with Crippen LogP contribution in [0.15, 0.2) is 0 Å². The maximum absolute atomic E-state index is 10.0. The number of aliphatic hydroxyl groups is 8. The first-order chi connectivity index (χ1) is 10.8. The van der Waals surface area contributed by atoms with Crippen molar-refractivity contribution in [1.29, 1.82) is 0 Å². The molecule has 2 rings (SSSR count). The average Bonchev–Trinajstić information content (AvgIpc) is 2.55. The molecular formula is C14H26O9. The van der Waals surface area contributed by atoms with Gasteiger partial charge in [-0.15, -0.1) is 0 Å². The Bertz CT molecular complexity index is 343. The van der Waals surface area contributed by atoms with E-state index in [1.165, 1.54) is 0 Å². The highest BCUT2D eigenvalue weighted by Crippen LogP contribution is 2.33. The summed E-state index contributed by atoms with van der Waals surface area (Å²) in [6.07, 6.45) is -10.2. The number of ether oxygens (including phenoxy) is 1. The van der Waals surface area contributed by atoms with E-state index in [1.54, 1.807) is 0 Å². The van der Waals surface area contributed by atoms with Crippen molar-refractivity contribution >= 4 is 0 Å². The van der Waals surface area contributed by atoms with Crippen LogP contribution in [0.2, 0.25) is 0 Å². The van der Waals surface area contributed by atoms with E-state index in [4.69, 9.17) is 4.74 Å². The van der Waals surface area contributed by atoms with Gasteiger partial charge in [-0.05, 0) is 12.8 Å². The van der Waals surface area contributed by atoms with Gasteiger partial charge in [-0.1, -0.05) is 0 Å². The summed E-state index contributed by atoms with van der Waals surface area (Å²) in [4.78, 5) is 0. The molecule has 8 N–H and O–H groups in total. The third-order valence-electron chi connectivity index (χ3n) is 5.02. The monoisotopic (exact) mass is 338 g/mol. The minimum Gasteiger partial charge on any atom is -0.396 e. The smallest absolute Gasteiger partial charge is 0.109 e. The molecule has 0 radical (unpaired) electrons. The van der Waals surface area contributed by atoms with Gasteiger partial charge < -0.3 is 45.6 Å². The van der Waals surface area contributed by atoms with Gasteiger partial charge in [-0.3, -0.25) is 0 Å². The fourth-order valence-electron chi connectivity index (χ4n) is 3.42. The van der Waals surface area contributed by atoms with Gasteiger partial charge in [0.25, 0.3) is 0 Å². The van der Waals surface area contributed by atoms with Crippen LogP contribution in [0.4, 0.5) is 0 Å². The molecule has 0 aromatic heterocycles. The second-order valence-corrected chi connectivity index (χ2v) is 6.51. The molecule has 0 saturated heterocycles. The minimum atomic E-state index is -1.50. The van der Waals surface area contributed by atoms with Crippen molar-refractivity contribution in [1.82, 2.24) is 0 Å². The third kappa shape index (κ3) is 3.68. The zero-order chi connectivity index (χ0) is 17.3. The zero-order valence-corrected chi connectivity index (χ0v) is 12.6. The highest BCUT2D eigenvalue weighted by Gasteiger charge is 2.48. The molecule has 23 heavy (non-hydrogen) atoms. The summed E-state index contributed by atoms with van der Waals surface area (Å²) >= 11 is 0. The standard InChI is InChI=1S/C14H26O9/c15-3-5-1-7(11(19)13(21)9(5)17)23-8-2-6(4-16)10(18)14(22)12(8)20/h5-22H,1-4H2/t5-,6?,7-,8+,9+,10-,11?,12-,13?,14?/m1/s1. The Labute approximate surface area is 133 Å². The van der Waals surface area contributed by atoms with Gasteiger partial charge in [0, 0.05) is 25.0 Å². The summed E-state index contributed by atoms with van der Waals surface area (Å²) in [5.41, 5.74) is 0. The summed E-state index contributed by atoms with van der Waals surface area (Å²) in [7, 11) is 0. The van der Waals surface area contributed by atoms with Crippen molar-refractivity contribution in [3.8, 4) is 0 Å². The van der Waals surface area contributed by atoms with E-state index in [1.807, 2.05) is 0 Å². The Hall–Kier alpha value is -0.360. The second kappa shape index (κ2) is 7.68. The first-order valence-corrected chi connectivity index (χ1v) is 7.77. The normalized spacial score (nSPS) is 51.7. The molecule has 0 aromatic carbocycles. The van der Waals surface area contributed by atoms with Gasteiger partial charge in [-0.2, -0.15) is 0 Å². The van der Waals surface area contributed by atoms with Crippen LogP contribution in [-0.4, -0.2) is 103 Å². The summed E-state index contributed by atoms with van der Waals surface area (Å²) in [6.45, 7) is -0.808. The minimum absolute atomic E-state index is 0.0571. The van der Waals surface area contributed by atoms with Crippen molar-refractivity contribution in [2.45, 2.75) is 61.7 Å². The molecular weight excluding hydrogens is 312 g/mol. The fraction of sp³-hybridized carbons (Fsp3) is 1.00. The molecule has 0 heterocycles. The lowest BCUT2D eigenvalue weighted by Gasteiger charge is -2.45. The summed E-state index contributed by atoms with van der Waals surface area (Å²) < 4.78 is 5.59. The van der Waals surface area contributed by atoms with E-state index in [0.29, 0.717) is 0 Å². The third-order valence-corrected chi connectivity index (χ3v) is 5.02. The van der Waals surface area contributed by atoms with Gasteiger partial charge in [0.2, 0.25) is 0 Å². The molecule has 0 spiro atoms. The molecule has 2 aliphatic carbocycles. The Kier molecular flexibility index (Phi) is 6.34. The Morgan fingerprint density at radius 1 is 0.565 bits per heavy atom. The zero-order valence-electron chi connectivity index (χ0n) is 12.6. The molecule has 0 amide bonds. The number of aliphatic hydroxyl groups excluding tert-OH is 8. The topological polar surface area (TPSA) is 171 Å². The van der Waals surface area contributed by atoms with Crippen LogP contribution in [-0.2, 0) is 4.74 Å². The molecule has 0 bridgehead atoms. The van der Waals surface area contributed by atoms with Crippen LogP contribution < -0.4 is 0 Å². The SMILES string of the molecule is OCC1C[C@H](O[C@@H]2C[C@H](CO)[C@H](O)C(O)C2O)[C@@H](O)C(O)[C@@H]1O. The fourth-order valence-corrected chi connectivity index (χ4v) is 3.42. The summed E-state index contributed by atoms with van der Waals surface area (Å²) in [5, 5.41) is 77.7. The predicted octanol–water partition coefficient (Wildman–Crippen LogP) is -4.07. The molecule has 0 aliphatic heterocycles. The quantitative estimate of drug-likeness (QED) is 0.254. The predicted molar refractivity (Wildman–Crippen MR) is 75.1 cm³/mol. The van der Waals surface area contributed by atoms with Crippen LogP contribution in [0, 0.1) is 11.8 Å². The first-order valence-electron chi connectivity index (χ1n) is 7.77. The lowest BCUT2D eigenvalue weighted by atomic mass is 9.79. The van der Waals surface area contributed by atoms with Crippen molar-refractivity contribution in [3.63, 3.8) is 0 Å². The maximum Gasteiger partial charge on any atom is 0.109 e. The van der Waals surface area contributed by atoms with Gasteiger partial charge in [-0.25, -0.2) is 0 Å². The average molecular weight is 338 g/mol. The highest BCUT2D eigenvalue weighted by molar-refractivity contribution is 4.97. The maximum atomic E-state index is 10.0.